The van der Waals surface area contributed by atoms with Crippen LogP contribution >= 0.6 is 11.6 Å². The number of amides is 1. The fourth-order valence-electron chi connectivity index (χ4n) is 3.15. The van der Waals surface area contributed by atoms with Crippen LogP contribution in [0.25, 0.3) is 0 Å². The fourth-order valence-corrected chi connectivity index (χ4v) is 4.49. The van der Waals surface area contributed by atoms with Crippen molar-refractivity contribution in [3.63, 3.8) is 0 Å². The van der Waals surface area contributed by atoms with Crippen LogP contribution in [0.4, 0.5) is 5.69 Å². The molecule has 0 aliphatic rings. The Morgan fingerprint density at radius 1 is 1.10 bits per heavy atom. The summed E-state index contributed by atoms with van der Waals surface area (Å²) in [6.07, 6.45) is 3.52. The highest BCUT2D eigenvalue weighted by atomic mass is 35.5. The smallest absolute Gasteiger partial charge is 0.244 e. The van der Waals surface area contributed by atoms with Crippen molar-refractivity contribution in [3.05, 3.63) is 59.1 Å². The molecule has 0 spiro atoms. The second-order valence-corrected chi connectivity index (χ2v) is 9.29. The molecule has 0 heterocycles. The Bertz CT molecular complexity index is 915. The predicted octanol–water partition coefficient (Wildman–Crippen LogP) is 4.03. The van der Waals surface area contributed by atoms with Crippen LogP contribution in [0.15, 0.2) is 48.5 Å². The second kappa shape index (κ2) is 11.2. The van der Waals surface area contributed by atoms with Gasteiger partial charge in [-0.2, -0.15) is 0 Å². The molecule has 30 heavy (non-hydrogen) atoms. The summed E-state index contributed by atoms with van der Waals surface area (Å²) in [6, 6.07) is 13.4. The number of benzene rings is 2. The Hall–Kier alpha value is -2.25. The molecule has 1 N–H and O–H groups in total. The van der Waals surface area contributed by atoms with Gasteiger partial charge in [0.15, 0.2) is 0 Å². The molecule has 0 aliphatic carbocycles. The first kappa shape index (κ1) is 24.0. The summed E-state index contributed by atoms with van der Waals surface area (Å²) in [5.74, 6) is 0.356. The summed E-state index contributed by atoms with van der Waals surface area (Å²) in [5, 5.41) is 3.26. The van der Waals surface area contributed by atoms with Crippen LogP contribution in [0.3, 0.4) is 0 Å². The van der Waals surface area contributed by atoms with Gasteiger partial charge in [-0.25, -0.2) is 8.42 Å². The highest BCUT2D eigenvalue weighted by Crippen LogP contribution is 2.24. The normalized spacial score (nSPS) is 12.3. The largest absolute Gasteiger partial charge is 0.492 e. The van der Waals surface area contributed by atoms with Gasteiger partial charge in [-0.3, -0.25) is 9.10 Å². The quantitative estimate of drug-likeness (QED) is 0.522. The van der Waals surface area contributed by atoms with Crippen LogP contribution in [0.1, 0.15) is 32.3 Å². The molecule has 2 rings (SSSR count). The van der Waals surface area contributed by atoms with Gasteiger partial charge in [0.2, 0.25) is 15.9 Å². The number of carbonyl (C=O) groups excluding carboxylic acids is 1. The van der Waals surface area contributed by atoms with Gasteiger partial charge in [0.05, 0.1) is 18.5 Å². The number of carbonyl (C=O) groups is 1. The average Bonchev–Trinajstić information content (AvgIpc) is 2.70. The molecule has 8 heteroatoms. The van der Waals surface area contributed by atoms with Crippen molar-refractivity contribution in [2.75, 3.05) is 23.7 Å². The van der Waals surface area contributed by atoms with E-state index in [2.05, 4.69) is 12.2 Å². The predicted molar refractivity (Wildman–Crippen MR) is 122 cm³/mol. The molecule has 0 saturated heterocycles. The molecule has 0 unspecified atom stereocenters. The van der Waals surface area contributed by atoms with Gasteiger partial charge in [-0.1, -0.05) is 44.0 Å². The number of rotatable bonds is 11. The van der Waals surface area contributed by atoms with Crippen LogP contribution in [-0.2, 0) is 21.2 Å². The molecule has 0 radical (unpaired) electrons. The van der Waals surface area contributed by atoms with E-state index >= 15 is 0 Å². The highest BCUT2D eigenvalue weighted by molar-refractivity contribution is 7.92. The number of hydrogen-bond donors (Lipinski definition) is 1. The van der Waals surface area contributed by atoms with Crippen LogP contribution < -0.4 is 14.4 Å². The minimum Gasteiger partial charge on any atom is -0.492 e. The highest BCUT2D eigenvalue weighted by Gasteiger charge is 2.31. The summed E-state index contributed by atoms with van der Waals surface area (Å²) in [5.41, 5.74) is 1.65. The summed E-state index contributed by atoms with van der Waals surface area (Å²) >= 11 is 5.90. The molecule has 1 atom stereocenters. The van der Waals surface area contributed by atoms with Crippen LogP contribution in [0.5, 0.6) is 5.75 Å². The number of anilines is 1. The third kappa shape index (κ3) is 6.92. The lowest BCUT2D eigenvalue weighted by Gasteiger charge is -2.30. The number of nitrogens with one attached hydrogen (secondary N) is 1. The summed E-state index contributed by atoms with van der Waals surface area (Å²) < 4.78 is 31.6. The average molecular weight is 453 g/mol. The number of nitrogens with zero attached hydrogens (tertiary/aromatic N) is 1. The molecule has 0 aromatic heterocycles. The number of hydrogen-bond acceptors (Lipinski definition) is 4. The molecule has 6 nitrogen and oxygen atoms in total. The standard InChI is InChI=1S/C22H29ClN2O4S/c1-4-6-17-7-13-20(14-8-17)29-16-15-24-22(26)21(5-2)25(30(3,27)28)19-11-9-18(23)10-12-19/h7-14,21H,4-6,15-16H2,1-3H3,(H,24,26)/t21-/m0/s1. The van der Waals surface area contributed by atoms with Crippen molar-refractivity contribution in [2.24, 2.45) is 0 Å². The third-order valence-corrected chi connectivity index (χ3v) is 5.97. The number of ether oxygens (including phenoxy) is 1. The first-order valence-corrected chi connectivity index (χ1v) is 12.2. The Kier molecular flexibility index (Phi) is 8.99. The zero-order chi connectivity index (χ0) is 22.1. The minimum atomic E-state index is -3.67. The molecular formula is C22H29ClN2O4S. The van der Waals surface area contributed by atoms with E-state index in [0.717, 1.165) is 29.2 Å². The van der Waals surface area contributed by atoms with Crippen molar-refractivity contribution in [1.82, 2.24) is 5.32 Å². The monoisotopic (exact) mass is 452 g/mol. The molecular weight excluding hydrogens is 424 g/mol. The third-order valence-electron chi connectivity index (χ3n) is 4.54. The van der Waals surface area contributed by atoms with E-state index in [1.54, 1.807) is 31.2 Å². The molecule has 0 aliphatic heterocycles. The first-order valence-electron chi connectivity index (χ1n) is 10.0. The topological polar surface area (TPSA) is 75.7 Å². The van der Waals surface area contributed by atoms with Crippen LogP contribution in [0, 0.1) is 0 Å². The fraction of sp³-hybridized carbons (Fsp3) is 0.409. The maximum absolute atomic E-state index is 12.7. The van der Waals surface area contributed by atoms with Crippen molar-refractivity contribution >= 4 is 33.2 Å². The van der Waals surface area contributed by atoms with E-state index in [-0.39, 0.29) is 19.1 Å². The van der Waals surface area contributed by atoms with E-state index in [9.17, 15) is 13.2 Å². The van der Waals surface area contributed by atoms with E-state index in [1.807, 2.05) is 24.3 Å². The SMILES string of the molecule is CCCc1ccc(OCCNC(=O)[C@H](CC)N(c2ccc(Cl)cc2)S(C)(=O)=O)cc1. The lowest BCUT2D eigenvalue weighted by Crippen LogP contribution is -2.50. The zero-order valence-electron chi connectivity index (χ0n) is 17.6. The van der Waals surface area contributed by atoms with Gasteiger partial charge in [-0.15, -0.1) is 0 Å². The van der Waals surface area contributed by atoms with Crippen molar-refractivity contribution in [1.29, 1.82) is 0 Å². The van der Waals surface area contributed by atoms with Gasteiger partial charge in [0, 0.05) is 5.02 Å². The molecule has 0 saturated carbocycles. The Morgan fingerprint density at radius 3 is 2.27 bits per heavy atom. The molecule has 2 aromatic rings. The Balaban J connectivity index is 1.97. The maximum Gasteiger partial charge on any atom is 0.244 e. The molecule has 0 bridgehead atoms. The van der Waals surface area contributed by atoms with Crippen LogP contribution in [-0.4, -0.2) is 39.8 Å². The van der Waals surface area contributed by atoms with Crippen LogP contribution in [0.2, 0.25) is 5.02 Å². The van der Waals surface area contributed by atoms with Crippen molar-refractivity contribution < 1.29 is 17.9 Å². The maximum atomic E-state index is 12.7. The first-order chi connectivity index (χ1) is 14.3. The minimum absolute atomic E-state index is 0.268. The summed E-state index contributed by atoms with van der Waals surface area (Å²) in [7, 11) is -3.67. The molecule has 0 fully saturated rings. The van der Waals surface area contributed by atoms with E-state index < -0.39 is 16.1 Å². The molecule has 2 aromatic carbocycles. The molecule has 1 amide bonds. The summed E-state index contributed by atoms with van der Waals surface area (Å²) in [6.45, 7) is 4.46. The van der Waals surface area contributed by atoms with E-state index in [0.29, 0.717) is 17.1 Å². The van der Waals surface area contributed by atoms with Gasteiger partial charge in [-0.05, 0) is 54.8 Å². The number of sulfonamides is 1. The van der Waals surface area contributed by atoms with Crippen molar-refractivity contribution in [3.8, 4) is 5.75 Å². The summed E-state index contributed by atoms with van der Waals surface area (Å²) in [4.78, 5) is 12.7. The zero-order valence-corrected chi connectivity index (χ0v) is 19.2. The van der Waals surface area contributed by atoms with Gasteiger partial charge in [0.1, 0.15) is 18.4 Å². The number of halogens is 1. The Labute approximate surface area is 184 Å². The Morgan fingerprint density at radius 2 is 1.73 bits per heavy atom. The van der Waals surface area contributed by atoms with Gasteiger partial charge >= 0.3 is 0 Å². The lowest BCUT2D eigenvalue weighted by molar-refractivity contribution is -0.122. The number of aryl methyl sites for hydroxylation is 1. The lowest BCUT2D eigenvalue weighted by atomic mass is 10.1. The van der Waals surface area contributed by atoms with E-state index in [4.69, 9.17) is 16.3 Å². The van der Waals surface area contributed by atoms with Gasteiger partial charge in [0.25, 0.3) is 0 Å². The van der Waals surface area contributed by atoms with Gasteiger partial charge < -0.3 is 10.1 Å². The second-order valence-electron chi connectivity index (χ2n) is 6.99. The molecule has 164 valence electrons. The van der Waals surface area contributed by atoms with E-state index in [1.165, 1.54) is 5.56 Å². The van der Waals surface area contributed by atoms with Crippen molar-refractivity contribution in [2.45, 2.75) is 39.2 Å².